The Morgan fingerprint density at radius 1 is 1.41 bits per heavy atom. The molecule has 0 saturated heterocycles. The lowest BCUT2D eigenvalue weighted by molar-refractivity contribution is -0.116. The second kappa shape index (κ2) is 7.19. The molecule has 6 nitrogen and oxygen atoms in total. The molecule has 3 aromatic rings. The average molecular weight is 331 g/mol. The lowest BCUT2D eigenvalue weighted by Gasteiger charge is -1.99. The lowest BCUT2D eigenvalue weighted by atomic mass is 10.3. The van der Waals surface area contributed by atoms with E-state index in [0.717, 1.165) is 26.0 Å². The molecule has 0 aliphatic rings. The molecule has 0 unspecified atom stereocenters. The zero-order chi connectivity index (χ0) is 15.2. The first-order chi connectivity index (χ1) is 10.8. The number of aromatic nitrogens is 4. The van der Waals surface area contributed by atoms with Crippen molar-refractivity contribution in [3.63, 3.8) is 0 Å². The molecule has 2 heterocycles. The van der Waals surface area contributed by atoms with Gasteiger partial charge in [-0.2, -0.15) is 10.3 Å². The number of rotatable bonds is 6. The molecule has 0 aliphatic carbocycles. The molecule has 0 saturated carbocycles. The van der Waals surface area contributed by atoms with Crippen molar-refractivity contribution in [2.75, 3.05) is 12.3 Å². The van der Waals surface area contributed by atoms with E-state index in [-0.39, 0.29) is 5.91 Å². The van der Waals surface area contributed by atoms with Crippen LogP contribution in [0.5, 0.6) is 0 Å². The summed E-state index contributed by atoms with van der Waals surface area (Å²) >= 11 is 3.10. The molecule has 0 fully saturated rings. The molecular formula is C14H13N5OS2. The van der Waals surface area contributed by atoms with Gasteiger partial charge in [-0.3, -0.25) is 4.79 Å². The van der Waals surface area contributed by atoms with E-state index in [1.807, 2.05) is 24.3 Å². The average Bonchev–Trinajstić information content (AvgIpc) is 3.18. The van der Waals surface area contributed by atoms with Crippen LogP contribution in [-0.2, 0) is 4.79 Å². The first-order valence-electron chi connectivity index (χ1n) is 6.61. The smallest absolute Gasteiger partial charge is 0.244 e. The number of nitrogens with one attached hydrogen (secondary N) is 2. The van der Waals surface area contributed by atoms with Crippen LogP contribution in [0.1, 0.15) is 5.01 Å². The molecule has 22 heavy (non-hydrogen) atoms. The zero-order valence-electron chi connectivity index (χ0n) is 11.5. The third-order valence-corrected chi connectivity index (χ3v) is 4.63. The van der Waals surface area contributed by atoms with Gasteiger partial charge >= 0.3 is 0 Å². The number of carbonyl (C=O) groups excluding carboxylic acids is 1. The quantitative estimate of drug-likeness (QED) is 0.411. The normalized spacial score (nSPS) is 11.3. The van der Waals surface area contributed by atoms with Crippen molar-refractivity contribution >= 4 is 45.3 Å². The highest BCUT2D eigenvalue weighted by atomic mass is 32.2. The number of para-hydroxylation sites is 1. The van der Waals surface area contributed by atoms with E-state index in [1.54, 1.807) is 23.6 Å². The van der Waals surface area contributed by atoms with Gasteiger partial charge in [-0.15, -0.1) is 28.2 Å². The number of thiazole rings is 1. The number of fused-ring (bicyclic) bond motifs is 1. The predicted molar refractivity (Wildman–Crippen MR) is 88.8 cm³/mol. The minimum absolute atomic E-state index is 0.125. The Morgan fingerprint density at radius 2 is 2.32 bits per heavy atom. The maximum Gasteiger partial charge on any atom is 0.244 e. The first-order valence-corrected chi connectivity index (χ1v) is 8.41. The van der Waals surface area contributed by atoms with Gasteiger partial charge < -0.3 is 5.32 Å². The van der Waals surface area contributed by atoms with Crippen molar-refractivity contribution in [1.29, 1.82) is 0 Å². The Morgan fingerprint density at radius 3 is 3.14 bits per heavy atom. The maximum atomic E-state index is 11.7. The molecule has 0 spiro atoms. The number of thioether (sulfide) groups is 1. The second-order valence-corrected chi connectivity index (χ2v) is 6.48. The summed E-state index contributed by atoms with van der Waals surface area (Å²) in [6, 6.07) is 7.91. The van der Waals surface area contributed by atoms with Gasteiger partial charge in [-0.05, 0) is 18.2 Å². The van der Waals surface area contributed by atoms with Crippen molar-refractivity contribution < 1.29 is 4.79 Å². The van der Waals surface area contributed by atoms with Crippen LogP contribution >= 0.6 is 23.1 Å². The molecule has 0 atom stereocenters. The fraction of sp³-hybridized carbons (Fsp3) is 0.143. The molecule has 1 amide bonds. The maximum absolute atomic E-state index is 11.7. The van der Waals surface area contributed by atoms with Crippen LogP contribution in [0.15, 0.2) is 41.6 Å². The molecule has 3 rings (SSSR count). The highest BCUT2D eigenvalue weighted by Gasteiger charge is 2.01. The molecule has 0 bridgehead atoms. The van der Waals surface area contributed by atoms with Crippen molar-refractivity contribution in [3.05, 3.63) is 41.5 Å². The standard InChI is InChI=1S/C14H13N5OS2/c20-12(15-7-8-21-14-9-16-19-18-14)5-6-13-17-10-3-1-2-4-11(10)22-13/h1-6,9H,7-8H2,(H,15,20)(H,16,18,19)/b6-5+. The molecule has 2 N–H and O–H groups in total. The Balaban J connectivity index is 1.46. The van der Waals surface area contributed by atoms with Gasteiger partial charge in [0.15, 0.2) is 0 Å². The number of benzene rings is 1. The second-order valence-electron chi connectivity index (χ2n) is 4.30. The molecule has 112 valence electrons. The predicted octanol–water partition coefficient (Wildman–Crippen LogP) is 2.34. The number of carbonyl (C=O) groups is 1. The van der Waals surface area contributed by atoms with Crippen LogP contribution in [0, 0.1) is 0 Å². The zero-order valence-corrected chi connectivity index (χ0v) is 13.2. The van der Waals surface area contributed by atoms with E-state index in [0.29, 0.717) is 6.54 Å². The fourth-order valence-electron chi connectivity index (χ4n) is 1.76. The van der Waals surface area contributed by atoms with Crippen LogP contribution in [-0.4, -0.2) is 38.6 Å². The highest BCUT2D eigenvalue weighted by molar-refractivity contribution is 7.99. The summed E-state index contributed by atoms with van der Waals surface area (Å²) in [5.74, 6) is 0.618. The third-order valence-electron chi connectivity index (χ3n) is 2.73. The molecular weight excluding hydrogens is 318 g/mol. The van der Waals surface area contributed by atoms with Crippen LogP contribution < -0.4 is 5.32 Å². The van der Waals surface area contributed by atoms with Crippen molar-refractivity contribution in [2.24, 2.45) is 0 Å². The van der Waals surface area contributed by atoms with Gasteiger partial charge in [0.25, 0.3) is 0 Å². The van der Waals surface area contributed by atoms with Crippen LogP contribution in [0.2, 0.25) is 0 Å². The van der Waals surface area contributed by atoms with Gasteiger partial charge in [-0.25, -0.2) is 4.98 Å². The van der Waals surface area contributed by atoms with Crippen molar-refractivity contribution in [1.82, 2.24) is 25.7 Å². The third kappa shape index (κ3) is 3.92. The van der Waals surface area contributed by atoms with E-state index >= 15 is 0 Å². The molecule has 0 radical (unpaired) electrons. The number of amides is 1. The lowest BCUT2D eigenvalue weighted by Crippen LogP contribution is -2.23. The summed E-state index contributed by atoms with van der Waals surface area (Å²) in [6.07, 6.45) is 4.91. The number of hydrogen-bond donors (Lipinski definition) is 2. The largest absolute Gasteiger partial charge is 0.352 e. The van der Waals surface area contributed by atoms with E-state index in [2.05, 4.69) is 25.7 Å². The van der Waals surface area contributed by atoms with Crippen molar-refractivity contribution in [3.8, 4) is 0 Å². The van der Waals surface area contributed by atoms with Gasteiger partial charge in [0.1, 0.15) is 10.0 Å². The van der Waals surface area contributed by atoms with Gasteiger partial charge in [0.2, 0.25) is 5.91 Å². The highest BCUT2D eigenvalue weighted by Crippen LogP contribution is 2.22. The summed E-state index contributed by atoms with van der Waals surface area (Å²) in [4.78, 5) is 16.2. The minimum atomic E-state index is -0.125. The summed E-state index contributed by atoms with van der Waals surface area (Å²) in [5, 5.41) is 14.6. The van der Waals surface area contributed by atoms with E-state index in [4.69, 9.17) is 0 Å². The minimum Gasteiger partial charge on any atom is -0.352 e. The van der Waals surface area contributed by atoms with E-state index < -0.39 is 0 Å². The number of aromatic amines is 1. The number of H-pyrrole nitrogens is 1. The van der Waals surface area contributed by atoms with Crippen LogP contribution in [0.3, 0.4) is 0 Å². The Bertz CT molecular complexity index is 748. The fourth-order valence-corrected chi connectivity index (χ4v) is 3.27. The summed E-state index contributed by atoms with van der Waals surface area (Å²) in [6.45, 7) is 0.570. The SMILES string of the molecule is O=C(/C=C/c1nc2ccccc2s1)NCCSc1cn[nH]n1. The van der Waals surface area contributed by atoms with Crippen molar-refractivity contribution in [2.45, 2.75) is 5.03 Å². The van der Waals surface area contributed by atoms with Crippen LogP contribution in [0.4, 0.5) is 0 Å². The van der Waals surface area contributed by atoms with E-state index in [1.165, 1.54) is 17.8 Å². The number of nitrogens with zero attached hydrogens (tertiary/aromatic N) is 3. The number of hydrogen-bond acceptors (Lipinski definition) is 6. The monoisotopic (exact) mass is 331 g/mol. The Hall–Kier alpha value is -2.19. The molecule has 1 aromatic carbocycles. The Kier molecular flexibility index (Phi) is 4.81. The van der Waals surface area contributed by atoms with Gasteiger partial charge in [0, 0.05) is 18.4 Å². The molecule has 8 heteroatoms. The Labute approximate surface area is 135 Å². The molecule has 2 aromatic heterocycles. The van der Waals surface area contributed by atoms with Crippen LogP contribution in [0.25, 0.3) is 16.3 Å². The molecule has 0 aliphatic heterocycles. The van der Waals surface area contributed by atoms with Gasteiger partial charge in [0.05, 0.1) is 16.4 Å². The van der Waals surface area contributed by atoms with Gasteiger partial charge in [-0.1, -0.05) is 12.1 Å². The first kappa shape index (κ1) is 14.7. The summed E-state index contributed by atoms with van der Waals surface area (Å²) in [7, 11) is 0. The summed E-state index contributed by atoms with van der Waals surface area (Å²) < 4.78 is 1.12. The summed E-state index contributed by atoms with van der Waals surface area (Å²) in [5.41, 5.74) is 0.955. The topological polar surface area (TPSA) is 83.6 Å². The van der Waals surface area contributed by atoms with E-state index in [9.17, 15) is 4.79 Å².